The molecule has 0 amide bonds. The standard InChI is InChI=1S/C37H24N6/c1-4-14-25(15-5-1)29-24-33(39-35(38-29)26-16-6-2-7-17-26)42-31-22-12-13-23-32(31)43-34-28-20-10-11-21-30(28)41(36(34)40-37(42)43)27-18-8-3-9-19-27/h1-24H. The number of nitrogens with zero attached hydrogens (tertiary/aromatic N) is 6. The van der Waals surface area contributed by atoms with Gasteiger partial charge in [-0.3, -0.25) is 13.5 Å². The molecule has 0 aliphatic carbocycles. The zero-order valence-corrected chi connectivity index (χ0v) is 23.0. The van der Waals surface area contributed by atoms with E-state index < -0.39 is 0 Å². The Labute approximate surface area is 246 Å². The molecule has 0 aliphatic heterocycles. The monoisotopic (exact) mass is 552 g/mol. The molecule has 0 bridgehead atoms. The lowest BCUT2D eigenvalue weighted by Crippen LogP contribution is -2.03. The van der Waals surface area contributed by atoms with Crippen molar-refractivity contribution in [3.63, 3.8) is 0 Å². The quantitative estimate of drug-likeness (QED) is 0.220. The van der Waals surface area contributed by atoms with Crippen molar-refractivity contribution in [1.29, 1.82) is 0 Å². The molecule has 9 rings (SSSR count). The van der Waals surface area contributed by atoms with E-state index in [1.807, 2.05) is 42.5 Å². The van der Waals surface area contributed by atoms with E-state index in [0.717, 1.165) is 67.2 Å². The van der Waals surface area contributed by atoms with Crippen LogP contribution in [0.4, 0.5) is 0 Å². The van der Waals surface area contributed by atoms with Gasteiger partial charge >= 0.3 is 0 Å². The SMILES string of the molecule is c1ccc(-c2cc(-n3c4ccccc4n4c5c6ccccc6n(-c6ccccc6)c5nc34)nc(-c3ccccc3)n2)cc1. The summed E-state index contributed by atoms with van der Waals surface area (Å²) in [4.78, 5) is 15.6. The maximum Gasteiger partial charge on any atom is 0.223 e. The number of para-hydroxylation sites is 4. The number of imidazole rings is 2. The first kappa shape index (κ1) is 23.7. The summed E-state index contributed by atoms with van der Waals surface area (Å²) in [5.41, 5.74) is 9.12. The second-order valence-corrected chi connectivity index (χ2v) is 10.6. The summed E-state index contributed by atoms with van der Waals surface area (Å²) in [5, 5.41) is 1.15. The molecule has 0 atom stereocenters. The minimum Gasteiger partial charge on any atom is -0.292 e. The van der Waals surface area contributed by atoms with Gasteiger partial charge in [0.15, 0.2) is 11.5 Å². The summed E-state index contributed by atoms with van der Waals surface area (Å²) >= 11 is 0. The topological polar surface area (TPSA) is 52.9 Å². The number of hydrogen-bond acceptors (Lipinski definition) is 3. The Morgan fingerprint density at radius 1 is 0.465 bits per heavy atom. The molecule has 6 nitrogen and oxygen atoms in total. The van der Waals surface area contributed by atoms with E-state index in [4.69, 9.17) is 15.0 Å². The lowest BCUT2D eigenvalue weighted by Gasteiger charge is -2.11. The van der Waals surface area contributed by atoms with Gasteiger partial charge < -0.3 is 0 Å². The number of benzene rings is 5. The van der Waals surface area contributed by atoms with Gasteiger partial charge in [-0.1, -0.05) is 109 Å². The van der Waals surface area contributed by atoms with Crippen molar-refractivity contribution < 1.29 is 0 Å². The fourth-order valence-electron chi connectivity index (χ4n) is 6.19. The zero-order chi connectivity index (χ0) is 28.3. The molecular formula is C37H24N6. The van der Waals surface area contributed by atoms with Crippen molar-refractivity contribution in [2.75, 3.05) is 0 Å². The van der Waals surface area contributed by atoms with Gasteiger partial charge in [0.1, 0.15) is 11.3 Å². The van der Waals surface area contributed by atoms with Gasteiger partial charge in [-0.25, -0.2) is 9.97 Å². The van der Waals surface area contributed by atoms with Crippen LogP contribution >= 0.6 is 0 Å². The van der Waals surface area contributed by atoms with Gasteiger partial charge in [0, 0.05) is 28.3 Å². The van der Waals surface area contributed by atoms with E-state index in [9.17, 15) is 0 Å². The predicted octanol–water partition coefficient (Wildman–Crippen LogP) is 8.50. The van der Waals surface area contributed by atoms with Crippen molar-refractivity contribution in [1.82, 2.24) is 28.5 Å². The fraction of sp³-hybridized carbons (Fsp3) is 0. The molecule has 4 aromatic heterocycles. The van der Waals surface area contributed by atoms with Gasteiger partial charge in [0.05, 0.1) is 22.2 Å². The molecular weight excluding hydrogens is 528 g/mol. The van der Waals surface area contributed by atoms with Crippen LogP contribution in [0.3, 0.4) is 0 Å². The van der Waals surface area contributed by atoms with Crippen LogP contribution in [0.15, 0.2) is 146 Å². The molecule has 0 saturated heterocycles. The van der Waals surface area contributed by atoms with Gasteiger partial charge in [-0.05, 0) is 30.3 Å². The largest absolute Gasteiger partial charge is 0.292 e. The summed E-state index contributed by atoms with van der Waals surface area (Å²) in [6.07, 6.45) is 0. The Morgan fingerprint density at radius 3 is 1.81 bits per heavy atom. The molecule has 0 spiro atoms. The maximum atomic E-state index is 5.38. The predicted molar refractivity (Wildman–Crippen MR) is 173 cm³/mol. The van der Waals surface area contributed by atoms with Crippen LogP contribution in [0, 0.1) is 0 Å². The third-order valence-electron chi connectivity index (χ3n) is 8.07. The highest BCUT2D eigenvalue weighted by molar-refractivity contribution is 6.09. The van der Waals surface area contributed by atoms with Crippen molar-refractivity contribution in [3.05, 3.63) is 146 Å². The molecule has 0 aliphatic rings. The Kier molecular flexibility index (Phi) is 5.10. The average Bonchev–Trinajstić information content (AvgIpc) is 3.71. The second-order valence-electron chi connectivity index (χ2n) is 10.6. The highest BCUT2D eigenvalue weighted by Gasteiger charge is 2.24. The molecule has 9 aromatic rings. The van der Waals surface area contributed by atoms with Crippen molar-refractivity contribution in [2.45, 2.75) is 0 Å². The Bertz CT molecular complexity index is 2380. The number of rotatable bonds is 4. The van der Waals surface area contributed by atoms with Crippen molar-refractivity contribution in [3.8, 4) is 34.2 Å². The Balaban J connectivity index is 1.42. The normalized spacial score (nSPS) is 11.7. The van der Waals surface area contributed by atoms with Crippen molar-refractivity contribution in [2.24, 2.45) is 0 Å². The number of hydrogen-bond donors (Lipinski definition) is 0. The maximum absolute atomic E-state index is 5.38. The molecule has 0 N–H and O–H groups in total. The molecule has 0 saturated carbocycles. The molecule has 0 radical (unpaired) electrons. The van der Waals surface area contributed by atoms with E-state index in [2.05, 4.69) is 117 Å². The fourth-order valence-corrected chi connectivity index (χ4v) is 6.19. The van der Waals surface area contributed by atoms with Crippen molar-refractivity contribution >= 4 is 38.9 Å². The van der Waals surface area contributed by atoms with E-state index in [1.54, 1.807) is 0 Å². The molecule has 6 heteroatoms. The first-order valence-corrected chi connectivity index (χ1v) is 14.3. The second kappa shape index (κ2) is 9.26. The Morgan fingerprint density at radius 2 is 1.07 bits per heavy atom. The molecule has 43 heavy (non-hydrogen) atoms. The first-order chi connectivity index (χ1) is 21.3. The smallest absolute Gasteiger partial charge is 0.223 e. The van der Waals surface area contributed by atoms with Crippen LogP contribution in [0.2, 0.25) is 0 Å². The van der Waals surface area contributed by atoms with Gasteiger partial charge in [-0.15, -0.1) is 0 Å². The van der Waals surface area contributed by atoms with E-state index >= 15 is 0 Å². The minimum absolute atomic E-state index is 0.670. The van der Waals surface area contributed by atoms with E-state index in [-0.39, 0.29) is 0 Å². The molecule has 0 unspecified atom stereocenters. The summed E-state index contributed by atoms with van der Waals surface area (Å²) in [7, 11) is 0. The van der Waals surface area contributed by atoms with Crippen LogP contribution < -0.4 is 0 Å². The molecule has 0 fully saturated rings. The summed E-state index contributed by atoms with van der Waals surface area (Å²) in [5.74, 6) is 2.24. The third-order valence-corrected chi connectivity index (χ3v) is 8.07. The highest BCUT2D eigenvalue weighted by atomic mass is 15.3. The molecule has 5 aromatic carbocycles. The lowest BCUT2D eigenvalue weighted by molar-refractivity contribution is 1.02. The number of fused-ring (bicyclic) bond motifs is 7. The van der Waals surface area contributed by atoms with Crippen LogP contribution in [-0.2, 0) is 0 Å². The lowest BCUT2D eigenvalue weighted by atomic mass is 10.1. The zero-order valence-electron chi connectivity index (χ0n) is 23.0. The summed E-state index contributed by atoms with van der Waals surface area (Å²) in [6, 6.07) is 49.9. The summed E-state index contributed by atoms with van der Waals surface area (Å²) < 4.78 is 6.69. The molecule has 202 valence electrons. The van der Waals surface area contributed by atoms with E-state index in [1.165, 1.54) is 0 Å². The minimum atomic E-state index is 0.670. The first-order valence-electron chi connectivity index (χ1n) is 14.3. The molecule has 4 heterocycles. The van der Waals surface area contributed by atoms with Crippen LogP contribution in [0.25, 0.3) is 73.0 Å². The van der Waals surface area contributed by atoms with Crippen LogP contribution in [0.5, 0.6) is 0 Å². The average molecular weight is 553 g/mol. The summed E-state index contributed by atoms with van der Waals surface area (Å²) in [6.45, 7) is 0. The van der Waals surface area contributed by atoms with Gasteiger partial charge in [0.25, 0.3) is 0 Å². The van der Waals surface area contributed by atoms with Crippen LogP contribution in [0.1, 0.15) is 0 Å². The van der Waals surface area contributed by atoms with Crippen LogP contribution in [-0.4, -0.2) is 28.5 Å². The highest BCUT2D eigenvalue weighted by Crippen LogP contribution is 2.37. The van der Waals surface area contributed by atoms with Gasteiger partial charge in [0.2, 0.25) is 5.78 Å². The Hall–Kier alpha value is -6.01. The van der Waals surface area contributed by atoms with Gasteiger partial charge in [-0.2, -0.15) is 4.98 Å². The van der Waals surface area contributed by atoms with E-state index in [0.29, 0.717) is 5.82 Å². The number of aromatic nitrogens is 6. The third kappa shape index (κ3) is 3.57.